The first-order valence-corrected chi connectivity index (χ1v) is 14.5. The minimum absolute atomic E-state index is 0.110. The summed E-state index contributed by atoms with van der Waals surface area (Å²) in [4.78, 5) is 24.1. The smallest absolute Gasteiger partial charge is 0.308 e. The van der Waals surface area contributed by atoms with E-state index >= 15 is 0 Å². The lowest BCUT2D eigenvalue weighted by molar-refractivity contribution is -0.304. The monoisotopic (exact) mass is 532 g/mol. The number of esters is 1. The fraction of sp³-hybridized carbons (Fsp3) is 0.929. The van der Waals surface area contributed by atoms with E-state index in [4.69, 9.17) is 14.2 Å². The molecule has 1 rings (SSSR count). The molecule has 0 saturated carbocycles. The number of carbonyl (C=O) groups is 2. The van der Waals surface area contributed by atoms with E-state index in [0.29, 0.717) is 12.8 Å². The number of aliphatic hydroxyl groups excluding tert-OH is 3. The third kappa shape index (κ3) is 14.5. The second kappa shape index (κ2) is 19.8. The fourth-order valence-electron chi connectivity index (χ4n) is 4.66. The Bertz CT molecular complexity index is 614. The molecule has 0 aliphatic carbocycles. The van der Waals surface area contributed by atoms with Gasteiger partial charge in [-0.25, -0.2) is 0 Å². The zero-order chi connectivity index (χ0) is 27.6. The van der Waals surface area contributed by atoms with Crippen molar-refractivity contribution in [2.45, 2.75) is 166 Å². The van der Waals surface area contributed by atoms with E-state index < -0.39 is 54.9 Å². The SMILES string of the molecule is CCCCCCCCC(CC(=O)O)OC(=O)CC(CCCCCCCC)OC1OC(C)C(O)C(O)C1O. The van der Waals surface area contributed by atoms with Gasteiger partial charge in [0.25, 0.3) is 0 Å². The molecule has 0 aromatic rings. The van der Waals surface area contributed by atoms with Crippen LogP contribution in [0.3, 0.4) is 0 Å². The molecule has 0 radical (unpaired) electrons. The average molecular weight is 533 g/mol. The molecule has 9 nitrogen and oxygen atoms in total. The standard InChI is InChI=1S/C28H52O9/c1-4-6-8-10-12-14-16-21(18-23(29)30)36-24(31)19-22(17-15-13-11-9-7-5-2)37-28-27(34)26(33)25(32)20(3)35-28/h20-22,25-28,32-34H,4-19H2,1-3H3,(H,29,30). The molecular weight excluding hydrogens is 480 g/mol. The van der Waals surface area contributed by atoms with Gasteiger partial charge in [-0.1, -0.05) is 84.5 Å². The minimum Gasteiger partial charge on any atom is -0.481 e. The number of ether oxygens (including phenoxy) is 3. The molecule has 0 aromatic heterocycles. The summed E-state index contributed by atoms with van der Waals surface area (Å²) in [6.07, 6.45) is 5.96. The molecule has 0 amide bonds. The van der Waals surface area contributed by atoms with Gasteiger partial charge in [-0.15, -0.1) is 0 Å². The molecule has 1 fully saturated rings. The van der Waals surface area contributed by atoms with Crippen molar-refractivity contribution in [1.29, 1.82) is 0 Å². The maximum absolute atomic E-state index is 12.8. The van der Waals surface area contributed by atoms with Gasteiger partial charge in [0.15, 0.2) is 6.29 Å². The van der Waals surface area contributed by atoms with E-state index in [1.807, 2.05) is 0 Å². The van der Waals surface area contributed by atoms with Crippen molar-refractivity contribution in [2.75, 3.05) is 0 Å². The molecular formula is C28H52O9. The number of aliphatic carboxylic acids is 1. The van der Waals surface area contributed by atoms with Crippen molar-refractivity contribution < 1.29 is 44.2 Å². The maximum Gasteiger partial charge on any atom is 0.308 e. The Morgan fingerprint density at radius 1 is 0.730 bits per heavy atom. The number of rotatable bonds is 21. The normalized spacial score (nSPS) is 25.5. The average Bonchev–Trinajstić information content (AvgIpc) is 2.84. The summed E-state index contributed by atoms with van der Waals surface area (Å²) in [6, 6.07) is 0. The molecule has 1 aliphatic rings. The zero-order valence-electron chi connectivity index (χ0n) is 23.2. The Hall–Kier alpha value is -1.26. The molecule has 9 heteroatoms. The van der Waals surface area contributed by atoms with Gasteiger partial charge in [-0.2, -0.15) is 0 Å². The topological polar surface area (TPSA) is 143 Å². The van der Waals surface area contributed by atoms with Gasteiger partial charge >= 0.3 is 11.9 Å². The van der Waals surface area contributed by atoms with E-state index in [2.05, 4.69) is 13.8 Å². The van der Waals surface area contributed by atoms with Crippen LogP contribution in [0.25, 0.3) is 0 Å². The van der Waals surface area contributed by atoms with Gasteiger partial charge in [-0.05, 0) is 26.2 Å². The van der Waals surface area contributed by atoms with Crippen LogP contribution in [0.1, 0.15) is 124 Å². The first-order chi connectivity index (χ1) is 17.7. The van der Waals surface area contributed by atoms with Crippen LogP contribution in [0.5, 0.6) is 0 Å². The highest BCUT2D eigenvalue weighted by molar-refractivity contribution is 5.72. The molecule has 4 N–H and O–H groups in total. The summed E-state index contributed by atoms with van der Waals surface area (Å²) in [7, 11) is 0. The van der Waals surface area contributed by atoms with Crippen LogP contribution < -0.4 is 0 Å². The van der Waals surface area contributed by atoms with E-state index in [-0.39, 0.29) is 12.8 Å². The first-order valence-electron chi connectivity index (χ1n) is 14.5. The summed E-state index contributed by atoms with van der Waals surface area (Å²) < 4.78 is 17.1. The van der Waals surface area contributed by atoms with Gasteiger partial charge in [0.05, 0.1) is 25.0 Å². The fourth-order valence-corrected chi connectivity index (χ4v) is 4.66. The summed E-state index contributed by atoms with van der Waals surface area (Å²) in [6.45, 7) is 5.88. The molecule has 7 atom stereocenters. The van der Waals surface area contributed by atoms with E-state index in [1.54, 1.807) is 6.92 Å². The third-order valence-electron chi connectivity index (χ3n) is 6.99. The summed E-state index contributed by atoms with van der Waals surface area (Å²) in [5.74, 6) is -1.56. The summed E-state index contributed by atoms with van der Waals surface area (Å²) >= 11 is 0. The van der Waals surface area contributed by atoms with Crippen molar-refractivity contribution in [3.8, 4) is 0 Å². The van der Waals surface area contributed by atoms with Gasteiger partial charge in [0, 0.05) is 0 Å². The summed E-state index contributed by atoms with van der Waals surface area (Å²) in [5, 5.41) is 39.7. The van der Waals surface area contributed by atoms with Gasteiger partial charge < -0.3 is 34.6 Å². The summed E-state index contributed by atoms with van der Waals surface area (Å²) in [5.41, 5.74) is 0. The van der Waals surface area contributed by atoms with Crippen LogP contribution in [0.2, 0.25) is 0 Å². The highest BCUT2D eigenvalue weighted by Gasteiger charge is 2.43. The Morgan fingerprint density at radius 2 is 1.24 bits per heavy atom. The highest BCUT2D eigenvalue weighted by atomic mass is 16.7. The lowest BCUT2D eigenvalue weighted by Gasteiger charge is -2.40. The Balaban J connectivity index is 2.70. The van der Waals surface area contributed by atoms with Crippen LogP contribution in [0.4, 0.5) is 0 Å². The van der Waals surface area contributed by atoms with Crippen LogP contribution in [-0.4, -0.2) is 75.3 Å². The number of carboxylic acid groups (broad SMARTS) is 1. The highest BCUT2D eigenvalue weighted by Crippen LogP contribution is 2.25. The minimum atomic E-state index is -1.46. The molecule has 0 spiro atoms. The van der Waals surface area contributed by atoms with Crippen molar-refractivity contribution >= 4 is 11.9 Å². The van der Waals surface area contributed by atoms with E-state index in [1.165, 1.54) is 12.8 Å². The predicted molar refractivity (Wildman–Crippen MR) is 140 cm³/mol. The molecule has 1 aliphatic heterocycles. The Labute approximate surface area is 222 Å². The maximum atomic E-state index is 12.8. The van der Waals surface area contributed by atoms with Crippen molar-refractivity contribution in [1.82, 2.24) is 0 Å². The predicted octanol–water partition coefficient (Wildman–Crippen LogP) is 4.48. The molecule has 1 heterocycles. The largest absolute Gasteiger partial charge is 0.481 e. The lowest BCUT2D eigenvalue weighted by Crippen LogP contribution is -2.58. The van der Waals surface area contributed by atoms with Crippen molar-refractivity contribution in [3.63, 3.8) is 0 Å². The third-order valence-corrected chi connectivity index (χ3v) is 6.99. The van der Waals surface area contributed by atoms with Crippen LogP contribution in [0.15, 0.2) is 0 Å². The number of unbranched alkanes of at least 4 members (excludes halogenated alkanes) is 10. The first kappa shape index (κ1) is 33.8. The second-order valence-corrected chi connectivity index (χ2v) is 10.5. The van der Waals surface area contributed by atoms with Crippen molar-refractivity contribution in [2.24, 2.45) is 0 Å². The number of hydrogen-bond acceptors (Lipinski definition) is 8. The molecule has 0 bridgehead atoms. The molecule has 1 saturated heterocycles. The van der Waals surface area contributed by atoms with Crippen LogP contribution in [-0.2, 0) is 23.8 Å². The van der Waals surface area contributed by atoms with Gasteiger partial charge in [-0.3, -0.25) is 9.59 Å². The van der Waals surface area contributed by atoms with Crippen LogP contribution in [0, 0.1) is 0 Å². The van der Waals surface area contributed by atoms with Gasteiger partial charge in [0.2, 0.25) is 0 Å². The van der Waals surface area contributed by atoms with Crippen molar-refractivity contribution in [3.05, 3.63) is 0 Å². The number of aliphatic hydroxyl groups is 3. The lowest BCUT2D eigenvalue weighted by atomic mass is 9.99. The molecule has 37 heavy (non-hydrogen) atoms. The number of carbonyl (C=O) groups excluding carboxylic acids is 1. The van der Waals surface area contributed by atoms with E-state index in [0.717, 1.165) is 64.2 Å². The second-order valence-electron chi connectivity index (χ2n) is 10.5. The number of carboxylic acids is 1. The number of hydrogen-bond donors (Lipinski definition) is 4. The van der Waals surface area contributed by atoms with Crippen LogP contribution >= 0.6 is 0 Å². The molecule has 0 aromatic carbocycles. The zero-order valence-corrected chi connectivity index (χ0v) is 23.2. The quantitative estimate of drug-likeness (QED) is 0.124. The molecule has 7 unspecified atom stereocenters. The van der Waals surface area contributed by atoms with E-state index in [9.17, 15) is 30.0 Å². The molecule has 218 valence electrons. The Morgan fingerprint density at radius 3 is 1.78 bits per heavy atom. The Kier molecular flexibility index (Phi) is 18.0. The van der Waals surface area contributed by atoms with Gasteiger partial charge in [0.1, 0.15) is 24.4 Å².